The third-order valence-electron chi connectivity index (χ3n) is 3.88. The molecule has 2 heterocycles. The second kappa shape index (κ2) is 6.57. The first kappa shape index (κ1) is 15.7. The summed E-state index contributed by atoms with van der Waals surface area (Å²) in [6.07, 6.45) is 1.56. The molecule has 0 radical (unpaired) electrons. The fourth-order valence-corrected chi connectivity index (χ4v) is 3.45. The Kier molecular flexibility index (Phi) is 4.11. The molecule has 2 aromatic carbocycles. The van der Waals surface area contributed by atoms with Gasteiger partial charge in [0.15, 0.2) is 10.8 Å². The molecule has 0 amide bonds. The van der Waals surface area contributed by atoms with Crippen LogP contribution in [0.15, 0.2) is 70.7 Å². The normalized spacial score (nSPS) is 11.1. The number of benzene rings is 2. The second-order valence-corrected chi connectivity index (χ2v) is 6.74. The van der Waals surface area contributed by atoms with Crippen molar-refractivity contribution in [3.63, 3.8) is 0 Å². The summed E-state index contributed by atoms with van der Waals surface area (Å²) in [6, 6.07) is 18.1. The van der Waals surface area contributed by atoms with E-state index in [1.807, 2.05) is 49.4 Å². The number of aromatic nitrogens is 4. The lowest BCUT2D eigenvalue weighted by Crippen LogP contribution is -2.09. The number of aryl methyl sites for hydroxylation is 1. The average Bonchev–Trinajstić information content (AvgIpc) is 3.05. The Morgan fingerprint density at radius 1 is 1.12 bits per heavy atom. The van der Waals surface area contributed by atoms with Gasteiger partial charge in [-0.05, 0) is 30.2 Å². The summed E-state index contributed by atoms with van der Waals surface area (Å²) in [5.41, 5.74) is 3.61. The first-order valence-electron chi connectivity index (χ1n) is 7.92. The Bertz CT molecular complexity index is 1090. The predicted molar refractivity (Wildman–Crippen MR) is 100 cm³/mol. The molecule has 2 aromatic heterocycles. The van der Waals surface area contributed by atoms with Crippen molar-refractivity contribution in [3.8, 4) is 5.69 Å². The number of nitrogens with one attached hydrogen (secondary N) is 1. The van der Waals surface area contributed by atoms with Gasteiger partial charge in [-0.1, -0.05) is 54.2 Å². The lowest BCUT2D eigenvalue weighted by molar-refractivity contribution is 0.872. The number of hydrogen-bond acceptors (Lipinski definition) is 4. The van der Waals surface area contributed by atoms with E-state index < -0.39 is 0 Å². The molecule has 4 rings (SSSR count). The number of hydrogen-bond donors (Lipinski definition) is 1. The second-order valence-electron chi connectivity index (χ2n) is 5.78. The van der Waals surface area contributed by atoms with E-state index in [4.69, 9.17) is 0 Å². The highest BCUT2D eigenvalue weighted by Gasteiger charge is 2.12. The van der Waals surface area contributed by atoms with Crippen LogP contribution in [0.3, 0.4) is 0 Å². The molecule has 0 aliphatic carbocycles. The minimum atomic E-state index is -0.167. The maximum Gasteiger partial charge on any atom is 0.262 e. The van der Waals surface area contributed by atoms with Crippen molar-refractivity contribution in [1.29, 1.82) is 0 Å². The molecule has 0 atom stereocenters. The largest absolute Gasteiger partial charge is 0.301 e. The molecule has 6 heteroatoms. The Labute approximate surface area is 148 Å². The quantitative estimate of drug-likeness (QED) is 0.451. The number of H-pyrrole nitrogens is 1. The van der Waals surface area contributed by atoms with Crippen molar-refractivity contribution in [2.24, 2.45) is 0 Å². The first-order chi connectivity index (χ1) is 12.2. The minimum absolute atomic E-state index is 0.167. The van der Waals surface area contributed by atoms with E-state index in [2.05, 4.69) is 27.2 Å². The summed E-state index contributed by atoms with van der Waals surface area (Å²) in [4.78, 5) is 19.8. The van der Waals surface area contributed by atoms with E-state index in [0.717, 1.165) is 17.0 Å². The molecule has 124 valence electrons. The summed E-state index contributed by atoms with van der Waals surface area (Å²) in [5, 5.41) is 5.44. The van der Waals surface area contributed by atoms with Gasteiger partial charge in [0, 0.05) is 5.75 Å². The van der Waals surface area contributed by atoms with E-state index in [1.54, 1.807) is 10.9 Å². The maximum absolute atomic E-state index is 12.4. The zero-order valence-corrected chi connectivity index (χ0v) is 14.5. The van der Waals surface area contributed by atoms with Crippen LogP contribution in [-0.2, 0) is 5.75 Å². The topological polar surface area (TPSA) is 63.6 Å². The number of fused-ring (bicyclic) bond motifs is 1. The molecule has 25 heavy (non-hydrogen) atoms. The van der Waals surface area contributed by atoms with E-state index in [1.165, 1.54) is 17.3 Å². The zero-order valence-electron chi connectivity index (χ0n) is 13.6. The Morgan fingerprint density at radius 3 is 2.76 bits per heavy atom. The molecule has 0 spiro atoms. The van der Waals surface area contributed by atoms with Crippen molar-refractivity contribution >= 4 is 22.8 Å². The molecule has 4 aromatic rings. The summed E-state index contributed by atoms with van der Waals surface area (Å²) >= 11 is 1.51. The van der Waals surface area contributed by atoms with E-state index in [9.17, 15) is 4.79 Å². The summed E-state index contributed by atoms with van der Waals surface area (Å²) in [7, 11) is 0. The zero-order chi connectivity index (χ0) is 17.2. The van der Waals surface area contributed by atoms with Crippen molar-refractivity contribution in [1.82, 2.24) is 19.7 Å². The van der Waals surface area contributed by atoms with Gasteiger partial charge in [-0.3, -0.25) is 4.79 Å². The van der Waals surface area contributed by atoms with Gasteiger partial charge in [-0.25, -0.2) is 9.67 Å². The number of thioether (sulfide) groups is 1. The summed E-state index contributed by atoms with van der Waals surface area (Å²) in [6.45, 7) is 2.02. The highest BCUT2D eigenvalue weighted by molar-refractivity contribution is 7.98. The fourth-order valence-electron chi connectivity index (χ4n) is 2.64. The number of aromatic amines is 1. The molecular formula is C19H16N4OS. The average molecular weight is 348 g/mol. The SMILES string of the molecule is Cc1cccc(-n2ncc3c(=O)[nH]c(SCc4ccccc4)nc32)c1. The predicted octanol–water partition coefficient (Wildman–Crippen LogP) is 3.71. The van der Waals surface area contributed by atoms with Crippen LogP contribution in [0.1, 0.15) is 11.1 Å². The molecule has 0 fully saturated rings. The van der Waals surface area contributed by atoms with Crippen LogP contribution in [0.4, 0.5) is 0 Å². The molecule has 0 aliphatic heterocycles. The fraction of sp³-hybridized carbons (Fsp3) is 0.105. The smallest absolute Gasteiger partial charge is 0.262 e. The molecule has 5 nitrogen and oxygen atoms in total. The van der Waals surface area contributed by atoms with Crippen LogP contribution < -0.4 is 5.56 Å². The Balaban J connectivity index is 1.73. The third-order valence-corrected chi connectivity index (χ3v) is 4.83. The lowest BCUT2D eigenvalue weighted by atomic mass is 10.2. The standard InChI is InChI=1S/C19H16N4OS/c1-13-6-5-9-15(10-13)23-17-16(11-20-23)18(24)22-19(21-17)25-12-14-7-3-2-4-8-14/h2-11H,12H2,1H3,(H,21,22,24). The van der Waals surface area contributed by atoms with Gasteiger partial charge in [-0.15, -0.1) is 0 Å². The maximum atomic E-state index is 12.4. The van der Waals surface area contributed by atoms with Gasteiger partial charge in [0.1, 0.15) is 5.39 Å². The third kappa shape index (κ3) is 3.21. The van der Waals surface area contributed by atoms with Crippen LogP contribution in [0.25, 0.3) is 16.7 Å². The van der Waals surface area contributed by atoms with Gasteiger partial charge in [0.25, 0.3) is 5.56 Å². The van der Waals surface area contributed by atoms with E-state index in [-0.39, 0.29) is 5.56 Å². The van der Waals surface area contributed by atoms with Crippen LogP contribution in [-0.4, -0.2) is 19.7 Å². The van der Waals surface area contributed by atoms with Crippen LogP contribution in [0.5, 0.6) is 0 Å². The molecule has 0 bridgehead atoms. The van der Waals surface area contributed by atoms with Gasteiger partial charge in [0.2, 0.25) is 0 Å². The molecule has 0 saturated heterocycles. The Morgan fingerprint density at radius 2 is 1.96 bits per heavy atom. The van der Waals surface area contributed by atoms with Crippen LogP contribution in [0.2, 0.25) is 0 Å². The van der Waals surface area contributed by atoms with E-state index in [0.29, 0.717) is 16.2 Å². The highest BCUT2D eigenvalue weighted by Crippen LogP contribution is 2.21. The van der Waals surface area contributed by atoms with Crippen molar-refractivity contribution in [2.75, 3.05) is 0 Å². The van der Waals surface area contributed by atoms with Crippen LogP contribution in [0, 0.1) is 6.92 Å². The van der Waals surface area contributed by atoms with Gasteiger partial charge < -0.3 is 4.98 Å². The van der Waals surface area contributed by atoms with E-state index >= 15 is 0 Å². The van der Waals surface area contributed by atoms with Crippen molar-refractivity contribution in [3.05, 3.63) is 82.3 Å². The first-order valence-corrected chi connectivity index (χ1v) is 8.91. The summed E-state index contributed by atoms with van der Waals surface area (Å²) in [5.74, 6) is 0.744. The highest BCUT2D eigenvalue weighted by atomic mass is 32.2. The lowest BCUT2D eigenvalue weighted by Gasteiger charge is -2.05. The number of nitrogens with zero attached hydrogens (tertiary/aromatic N) is 3. The van der Waals surface area contributed by atoms with Crippen LogP contribution >= 0.6 is 11.8 Å². The van der Waals surface area contributed by atoms with Gasteiger partial charge in [-0.2, -0.15) is 5.10 Å². The molecule has 1 N–H and O–H groups in total. The van der Waals surface area contributed by atoms with Crippen molar-refractivity contribution in [2.45, 2.75) is 17.8 Å². The van der Waals surface area contributed by atoms with Gasteiger partial charge in [0.05, 0.1) is 11.9 Å². The molecule has 0 saturated carbocycles. The molecule has 0 unspecified atom stereocenters. The Hall–Kier alpha value is -2.86. The molecular weight excluding hydrogens is 332 g/mol. The van der Waals surface area contributed by atoms with Crippen molar-refractivity contribution < 1.29 is 0 Å². The summed E-state index contributed by atoms with van der Waals surface area (Å²) < 4.78 is 1.71. The minimum Gasteiger partial charge on any atom is -0.301 e. The molecule has 0 aliphatic rings. The number of rotatable bonds is 4. The monoisotopic (exact) mass is 348 g/mol. The van der Waals surface area contributed by atoms with Gasteiger partial charge >= 0.3 is 0 Å².